The smallest absolute Gasteiger partial charge is 0.142 e. The minimum Gasteiger partial charge on any atom is -0.340 e. The molecule has 0 saturated carbocycles. The van der Waals surface area contributed by atoms with Gasteiger partial charge in [0.2, 0.25) is 0 Å². The van der Waals surface area contributed by atoms with Crippen LogP contribution in [0.4, 0.5) is 11.5 Å². The lowest BCUT2D eigenvalue weighted by atomic mass is 9.86. The highest BCUT2D eigenvalue weighted by Gasteiger charge is 2.19. The molecule has 0 aliphatic heterocycles. The number of hydrogen-bond donors (Lipinski definition) is 1. The minimum atomic E-state index is -0.481. The minimum absolute atomic E-state index is 0.481. The van der Waals surface area contributed by atoms with Gasteiger partial charge in [-0.15, -0.1) is 11.3 Å². The van der Waals surface area contributed by atoms with Crippen LogP contribution >= 0.6 is 11.3 Å². The lowest BCUT2D eigenvalue weighted by Gasteiger charge is -2.16. The number of aromatic nitrogens is 2. The van der Waals surface area contributed by atoms with E-state index in [2.05, 4.69) is 34.3 Å². The molecule has 5 heteroatoms. The van der Waals surface area contributed by atoms with Gasteiger partial charge in [0.1, 0.15) is 17.0 Å². The molecule has 0 fully saturated rings. The van der Waals surface area contributed by atoms with Crippen LogP contribution in [-0.2, 0) is 5.41 Å². The topological polar surface area (TPSA) is 61.6 Å². The maximum atomic E-state index is 9.19. The van der Waals surface area contributed by atoms with Crippen molar-refractivity contribution in [2.45, 2.75) is 26.2 Å². The number of aryl methyl sites for hydroxylation is 1. The van der Waals surface area contributed by atoms with Gasteiger partial charge in [0.25, 0.3) is 0 Å². The van der Waals surface area contributed by atoms with Gasteiger partial charge in [0.15, 0.2) is 0 Å². The molecule has 2 heterocycles. The molecule has 4 nitrogen and oxygen atoms in total. The second-order valence-electron chi connectivity index (χ2n) is 5.74. The fourth-order valence-electron chi connectivity index (χ4n) is 2.25. The van der Waals surface area contributed by atoms with Gasteiger partial charge in [-0.25, -0.2) is 9.97 Å². The Morgan fingerprint density at radius 1 is 1.18 bits per heavy atom. The summed E-state index contributed by atoms with van der Waals surface area (Å²) >= 11 is 1.66. The summed E-state index contributed by atoms with van der Waals surface area (Å²) in [5.74, 6) is 0.807. The Balaban J connectivity index is 1.91. The number of hydrogen-bond acceptors (Lipinski definition) is 5. The molecule has 1 N–H and O–H groups in total. The van der Waals surface area contributed by atoms with Gasteiger partial charge in [-0.05, 0) is 44.5 Å². The standard InChI is InChI=1S/C17H16N4S/c1-11-8-14-15(19-10-20-16(14)22-11)21-13-6-4-12(5-7-13)17(2,3)9-18/h4-8,10H,1-3H3,(H,19,20,21). The van der Waals surface area contributed by atoms with Crippen molar-refractivity contribution in [3.05, 3.63) is 47.1 Å². The first kappa shape index (κ1) is 14.5. The van der Waals surface area contributed by atoms with Crippen molar-refractivity contribution in [1.29, 1.82) is 5.26 Å². The second-order valence-corrected chi connectivity index (χ2v) is 6.97. The molecule has 1 aromatic carbocycles. The van der Waals surface area contributed by atoms with Crippen molar-refractivity contribution in [2.24, 2.45) is 0 Å². The van der Waals surface area contributed by atoms with Crippen LogP contribution in [0.3, 0.4) is 0 Å². The van der Waals surface area contributed by atoms with Crippen LogP contribution in [0.2, 0.25) is 0 Å². The summed E-state index contributed by atoms with van der Waals surface area (Å²) in [5.41, 5.74) is 1.46. The summed E-state index contributed by atoms with van der Waals surface area (Å²) < 4.78 is 0. The van der Waals surface area contributed by atoms with E-state index in [4.69, 9.17) is 0 Å². The summed E-state index contributed by atoms with van der Waals surface area (Å²) in [6.07, 6.45) is 1.58. The molecule has 0 spiro atoms. The normalized spacial score (nSPS) is 11.4. The molecular weight excluding hydrogens is 292 g/mol. The first-order valence-corrected chi connectivity index (χ1v) is 7.81. The van der Waals surface area contributed by atoms with Gasteiger partial charge in [0, 0.05) is 10.6 Å². The molecule has 0 atom stereocenters. The number of benzene rings is 1. The SMILES string of the molecule is Cc1cc2c(Nc3ccc(C(C)(C)C#N)cc3)ncnc2s1. The van der Waals surface area contributed by atoms with E-state index in [0.29, 0.717) is 0 Å². The zero-order valence-corrected chi connectivity index (χ0v) is 13.5. The summed E-state index contributed by atoms with van der Waals surface area (Å²) in [7, 11) is 0. The van der Waals surface area contributed by atoms with Crippen molar-refractivity contribution in [2.75, 3.05) is 5.32 Å². The third-order valence-electron chi connectivity index (χ3n) is 3.60. The molecule has 0 radical (unpaired) electrons. The van der Waals surface area contributed by atoms with Crippen molar-refractivity contribution >= 4 is 33.1 Å². The average Bonchev–Trinajstić information content (AvgIpc) is 2.89. The number of thiophene rings is 1. The largest absolute Gasteiger partial charge is 0.340 e. The predicted molar refractivity (Wildman–Crippen MR) is 90.5 cm³/mol. The van der Waals surface area contributed by atoms with Crippen LogP contribution in [-0.4, -0.2) is 9.97 Å². The van der Waals surface area contributed by atoms with E-state index >= 15 is 0 Å². The van der Waals surface area contributed by atoms with Crippen molar-refractivity contribution in [3.8, 4) is 6.07 Å². The molecule has 2 aromatic heterocycles. The van der Waals surface area contributed by atoms with Gasteiger partial charge in [-0.2, -0.15) is 5.26 Å². The summed E-state index contributed by atoms with van der Waals surface area (Å²) in [6, 6.07) is 12.3. The average molecular weight is 308 g/mol. The molecule has 0 aliphatic carbocycles. The lowest BCUT2D eigenvalue weighted by molar-refractivity contribution is 0.687. The Bertz CT molecular complexity index is 856. The maximum Gasteiger partial charge on any atom is 0.142 e. The first-order chi connectivity index (χ1) is 10.5. The Hall–Kier alpha value is -2.45. The van der Waals surface area contributed by atoms with Gasteiger partial charge in [0.05, 0.1) is 16.9 Å². The van der Waals surface area contributed by atoms with Gasteiger partial charge in [-0.3, -0.25) is 0 Å². The molecule has 3 rings (SSSR count). The van der Waals surface area contributed by atoms with E-state index in [1.165, 1.54) is 4.88 Å². The van der Waals surface area contributed by atoms with Crippen LogP contribution in [0.25, 0.3) is 10.2 Å². The van der Waals surface area contributed by atoms with E-state index < -0.39 is 5.41 Å². The number of anilines is 2. The van der Waals surface area contributed by atoms with Crippen LogP contribution in [0.1, 0.15) is 24.3 Å². The number of nitrogens with one attached hydrogen (secondary N) is 1. The number of rotatable bonds is 3. The molecule has 0 unspecified atom stereocenters. The number of fused-ring (bicyclic) bond motifs is 1. The van der Waals surface area contributed by atoms with Crippen molar-refractivity contribution in [1.82, 2.24) is 9.97 Å². The highest BCUT2D eigenvalue weighted by Crippen LogP contribution is 2.30. The van der Waals surface area contributed by atoms with E-state index in [1.54, 1.807) is 17.7 Å². The lowest BCUT2D eigenvalue weighted by Crippen LogP contribution is -2.13. The van der Waals surface area contributed by atoms with Crippen LogP contribution in [0, 0.1) is 18.3 Å². The zero-order valence-electron chi connectivity index (χ0n) is 12.7. The van der Waals surface area contributed by atoms with Crippen LogP contribution in [0.5, 0.6) is 0 Å². The number of nitriles is 1. The molecule has 0 amide bonds. The third-order valence-corrected chi connectivity index (χ3v) is 4.56. The quantitative estimate of drug-likeness (QED) is 0.771. The monoisotopic (exact) mass is 308 g/mol. The molecule has 110 valence electrons. The van der Waals surface area contributed by atoms with E-state index in [1.807, 2.05) is 38.1 Å². The molecule has 3 aromatic rings. The fraction of sp³-hybridized carbons (Fsp3) is 0.235. The highest BCUT2D eigenvalue weighted by molar-refractivity contribution is 7.18. The van der Waals surface area contributed by atoms with Crippen LogP contribution in [0.15, 0.2) is 36.7 Å². The maximum absolute atomic E-state index is 9.19. The molecule has 22 heavy (non-hydrogen) atoms. The highest BCUT2D eigenvalue weighted by atomic mass is 32.1. The van der Waals surface area contributed by atoms with Crippen molar-refractivity contribution < 1.29 is 0 Å². The van der Waals surface area contributed by atoms with Crippen molar-refractivity contribution in [3.63, 3.8) is 0 Å². The van der Waals surface area contributed by atoms with E-state index in [9.17, 15) is 5.26 Å². The van der Waals surface area contributed by atoms with Gasteiger partial charge in [-0.1, -0.05) is 12.1 Å². The summed E-state index contributed by atoms with van der Waals surface area (Å²) in [4.78, 5) is 10.8. The van der Waals surface area contributed by atoms with Crippen LogP contribution < -0.4 is 5.32 Å². The second kappa shape index (κ2) is 5.39. The Morgan fingerprint density at radius 3 is 2.59 bits per heavy atom. The fourth-order valence-corrected chi connectivity index (χ4v) is 3.09. The Labute approximate surface area is 133 Å². The third kappa shape index (κ3) is 2.66. The zero-order chi connectivity index (χ0) is 15.7. The van der Waals surface area contributed by atoms with Gasteiger partial charge >= 0.3 is 0 Å². The molecule has 0 bridgehead atoms. The number of nitrogens with zero attached hydrogens (tertiary/aromatic N) is 3. The summed E-state index contributed by atoms with van der Waals surface area (Å²) in [6.45, 7) is 5.89. The summed E-state index contributed by atoms with van der Waals surface area (Å²) in [5, 5.41) is 13.6. The van der Waals surface area contributed by atoms with Gasteiger partial charge < -0.3 is 5.32 Å². The van der Waals surface area contributed by atoms with E-state index in [0.717, 1.165) is 27.3 Å². The Kier molecular flexibility index (Phi) is 3.55. The van der Waals surface area contributed by atoms with E-state index in [-0.39, 0.29) is 0 Å². The molecule has 0 aliphatic rings. The Morgan fingerprint density at radius 2 is 1.91 bits per heavy atom. The molecular formula is C17H16N4S. The first-order valence-electron chi connectivity index (χ1n) is 6.99. The molecule has 0 saturated heterocycles. The predicted octanol–water partition coefficient (Wildman–Crippen LogP) is 4.54.